The van der Waals surface area contributed by atoms with Crippen LogP contribution in [0.3, 0.4) is 0 Å². The first-order valence-electron chi connectivity index (χ1n) is 21.1. The van der Waals surface area contributed by atoms with Gasteiger partial charge in [0.1, 0.15) is 0 Å². The number of thiophene rings is 2. The smallest absolute Gasteiger partial charge is 0.198 e. The number of aromatic nitrogens is 1. The highest BCUT2D eigenvalue weighted by molar-refractivity contribution is 7.26. The second kappa shape index (κ2) is 12.0. The molecule has 4 heterocycles. The molecule has 0 unspecified atom stereocenters. The van der Waals surface area contributed by atoms with Gasteiger partial charge in [0.15, 0.2) is 7.28 Å². The van der Waals surface area contributed by atoms with E-state index in [4.69, 9.17) is 0 Å². The third kappa shape index (κ3) is 4.76. The van der Waals surface area contributed by atoms with Gasteiger partial charge in [0.25, 0.3) is 0 Å². The van der Waals surface area contributed by atoms with Crippen LogP contribution in [0.25, 0.3) is 90.1 Å². The van der Waals surface area contributed by atoms with Gasteiger partial charge in [-0.05, 0) is 98.9 Å². The van der Waals surface area contributed by atoms with Gasteiger partial charge in [-0.15, -0.1) is 22.7 Å². The molecule has 1 aliphatic heterocycles. The van der Waals surface area contributed by atoms with Crippen LogP contribution < -0.4 is 16.2 Å². The Hall–Kier alpha value is -6.14. The molecule has 0 bridgehead atoms. The Morgan fingerprint density at radius 2 is 1.22 bits per heavy atom. The minimum absolute atomic E-state index is 0.0821. The molecule has 13 rings (SSSR count). The van der Waals surface area contributed by atoms with Crippen molar-refractivity contribution in [2.24, 2.45) is 0 Å². The summed E-state index contributed by atoms with van der Waals surface area (Å²) < 4.78 is 7.94. The number of hydrogen-bond donors (Lipinski definition) is 1. The molecule has 0 spiro atoms. The summed E-state index contributed by atoms with van der Waals surface area (Å²) in [5, 5.41) is 11.9. The van der Waals surface area contributed by atoms with E-state index in [1.807, 2.05) is 22.7 Å². The van der Waals surface area contributed by atoms with Crippen molar-refractivity contribution in [3.63, 3.8) is 0 Å². The van der Waals surface area contributed by atoms with Crippen molar-refractivity contribution in [2.75, 3.05) is 5.32 Å². The normalized spacial score (nSPS) is 14.0. The predicted octanol–water partition coefficient (Wildman–Crippen LogP) is 14.2. The standard InChI is InChI=1S/C55H41BN2S2/c1-54(2,3)30-18-20-31(21-19-30)57-45-29-51-40(33-13-7-10-16-48(33)60-51)24-38(45)35-22-23-36-39-27-50-41(34-14-8-11-17-49(34)59-50)26-46(39)58-47-25-37-32-12-6-9-15-42(32)55(4,5)43(37)28-44(47)56-52(35)53(36)58/h6-29,56-57H,1-5H3. The summed E-state index contributed by atoms with van der Waals surface area (Å²) in [6.07, 6.45) is 0. The van der Waals surface area contributed by atoms with Gasteiger partial charge in [-0.3, -0.25) is 0 Å². The summed E-state index contributed by atoms with van der Waals surface area (Å²) in [7, 11) is 0.859. The maximum absolute atomic E-state index is 3.96. The van der Waals surface area contributed by atoms with Crippen molar-refractivity contribution in [2.45, 2.75) is 45.4 Å². The van der Waals surface area contributed by atoms with Crippen molar-refractivity contribution in [3.05, 3.63) is 162 Å². The Bertz CT molecular complexity index is 3670. The molecule has 286 valence electrons. The van der Waals surface area contributed by atoms with E-state index < -0.39 is 0 Å². The van der Waals surface area contributed by atoms with Crippen LogP contribution in [0.15, 0.2) is 146 Å². The van der Waals surface area contributed by atoms with Crippen molar-refractivity contribution < 1.29 is 0 Å². The number of fused-ring (bicyclic) bond motifs is 14. The molecule has 1 N–H and O–H groups in total. The molecule has 11 aromatic rings. The number of benzene rings is 8. The van der Waals surface area contributed by atoms with E-state index in [1.165, 1.54) is 118 Å². The monoisotopic (exact) mass is 804 g/mol. The van der Waals surface area contributed by atoms with Gasteiger partial charge in [0, 0.05) is 84.7 Å². The van der Waals surface area contributed by atoms with E-state index >= 15 is 0 Å². The zero-order valence-electron chi connectivity index (χ0n) is 34.3. The van der Waals surface area contributed by atoms with Crippen LogP contribution >= 0.6 is 22.7 Å². The van der Waals surface area contributed by atoms with Crippen LogP contribution in [0, 0.1) is 0 Å². The summed E-state index contributed by atoms with van der Waals surface area (Å²) in [6.45, 7) is 11.6. The molecule has 1 aliphatic carbocycles. The van der Waals surface area contributed by atoms with E-state index in [0.29, 0.717) is 0 Å². The average Bonchev–Trinajstić information content (AvgIpc) is 3.96. The summed E-state index contributed by atoms with van der Waals surface area (Å²) in [5.74, 6) is 0. The third-order valence-electron chi connectivity index (χ3n) is 13.8. The molecule has 8 aromatic carbocycles. The summed E-state index contributed by atoms with van der Waals surface area (Å²) >= 11 is 3.79. The topological polar surface area (TPSA) is 17.0 Å². The predicted molar refractivity (Wildman–Crippen MR) is 264 cm³/mol. The lowest BCUT2D eigenvalue weighted by Crippen LogP contribution is -2.38. The molecule has 2 nitrogen and oxygen atoms in total. The fourth-order valence-electron chi connectivity index (χ4n) is 10.7. The number of hydrogen-bond acceptors (Lipinski definition) is 3. The Morgan fingerprint density at radius 3 is 1.97 bits per heavy atom. The van der Waals surface area contributed by atoms with Gasteiger partial charge >= 0.3 is 0 Å². The van der Waals surface area contributed by atoms with Crippen molar-refractivity contribution >= 4 is 114 Å². The molecule has 5 heteroatoms. The van der Waals surface area contributed by atoms with Crippen LogP contribution in [-0.4, -0.2) is 11.8 Å². The summed E-state index contributed by atoms with van der Waals surface area (Å²) in [6, 6.07) is 55.7. The molecular weight excluding hydrogens is 764 g/mol. The fraction of sp³-hybridized carbons (Fsp3) is 0.127. The van der Waals surface area contributed by atoms with Crippen LogP contribution in [-0.2, 0) is 10.8 Å². The van der Waals surface area contributed by atoms with E-state index in [-0.39, 0.29) is 10.8 Å². The van der Waals surface area contributed by atoms with Crippen molar-refractivity contribution in [1.29, 1.82) is 0 Å². The molecule has 0 saturated carbocycles. The lowest BCUT2D eigenvalue weighted by atomic mass is 9.58. The Morgan fingerprint density at radius 1 is 0.533 bits per heavy atom. The third-order valence-corrected chi connectivity index (χ3v) is 16.0. The Balaban J connectivity index is 1.11. The first kappa shape index (κ1) is 34.7. The largest absolute Gasteiger partial charge is 0.355 e. The SMILES string of the molecule is CC(C)(C)c1ccc(Nc2cc3sc4ccccc4c3cc2-c2ccc3c4cc5sc6ccccc6c5cc4n4c3c2Bc2cc3c(cc2-4)-c2ccccc2C3(C)C)cc1. The minimum Gasteiger partial charge on any atom is -0.355 e. The highest BCUT2D eigenvalue weighted by Gasteiger charge is 2.38. The number of nitrogens with one attached hydrogen (secondary N) is 1. The Kier molecular flexibility index (Phi) is 6.94. The highest BCUT2D eigenvalue weighted by Crippen LogP contribution is 2.50. The Labute approximate surface area is 358 Å². The number of nitrogens with zero attached hydrogens (tertiary/aromatic N) is 1. The van der Waals surface area contributed by atoms with Crippen molar-refractivity contribution in [1.82, 2.24) is 4.57 Å². The molecule has 0 atom stereocenters. The second-order valence-electron chi connectivity index (χ2n) is 18.6. The first-order chi connectivity index (χ1) is 29.1. The molecule has 2 aliphatic rings. The average molecular weight is 805 g/mol. The summed E-state index contributed by atoms with van der Waals surface area (Å²) in [5.41, 5.74) is 18.4. The fourth-order valence-corrected chi connectivity index (χ4v) is 13.0. The summed E-state index contributed by atoms with van der Waals surface area (Å²) in [4.78, 5) is 0. The molecule has 60 heavy (non-hydrogen) atoms. The van der Waals surface area contributed by atoms with Gasteiger partial charge in [0.2, 0.25) is 0 Å². The van der Waals surface area contributed by atoms with Crippen molar-refractivity contribution in [3.8, 4) is 27.9 Å². The molecular formula is C55H41BN2S2. The van der Waals surface area contributed by atoms with E-state index in [9.17, 15) is 0 Å². The molecule has 0 fully saturated rings. The quantitative estimate of drug-likeness (QED) is 0.176. The van der Waals surface area contributed by atoms with Gasteiger partial charge < -0.3 is 9.88 Å². The van der Waals surface area contributed by atoms with Gasteiger partial charge in [-0.2, -0.15) is 0 Å². The molecule has 0 saturated heterocycles. The maximum atomic E-state index is 3.96. The molecule has 3 aromatic heterocycles. The molecule has 0 radical (unpaired) electrons. The lowest BCUT2D eigenvalue weighted by molar-refractivity contribution is 0.590. The highest BCUT2D eigenvalue weighted by atomic mass is 32.1. The number of anilines is 2. The van der Waals surface area contributed by atoms with Crippen LogP contribution in [0.5, 0.6) is 0 Å². The minimum atomic E-state index is -0.0821. The van der Waals surface area contributed by atoms with Crippen LogP contribution in [0.2, 0.25) is 0 Å². The van der Waals surface area contributed by atoms with E-state index in [0.717, 1.165) is 18.7 Å². The first-order valence-corrected chi connectivity index (χ1v) is 22.8. The lowest BCUT2D eigenvalue weighted by Gasteiger charge is -2.27. The maximum Gasteiger partial charge on any atom is 0.198 e. The zero-order valence-corrected chi connectivity index (χ0v) is 36.0. The van der Waals surface area contributed by atoms with Crippen LogP contribution in [0.4, 0.5) is 11.4 Å². The molecule has 0 amide bonds. The number of rotatable bonds is 3. The van der Waals surface area contributed by atoms with Gasteiger partial charge in [0.05, 0.1) is 5.52 Å². The van der Waals surface area contributed by atoms with E-state index in [1.54, 1.807) is 0 Å². The zero-order chi connectivity index (χ0) is 40.2. The van der Waals surface area contributed by atoms with Gasteiger partial charge in [-0.25, -0.2) is 0 Å². The van der Waals surface area contributed by atoms with Gasteiger partial charge in [-0.1, -0.05) is 131 Å². The van der Waals surface area contributed by atoms with E-state index in [2.05, 4.69) is 190 Å². The second-order valence-corrected chi connectivity index (χ2v) is 20.8. The van der Waals surface area contributed by atoms with Crippen LogP contribution in [0.1, 0.15) is 51.3 Å².